The SMILES string of the molecule is COc1c[c]ccc1Nc1cc(NC2CCCCC2)c2c(C(F)(F)F)c[nH]c2n1. The van der Waals surface area contributed by atoms with Gasteiger partial charge in [0.15, 0.2) is 0 Å². The minimum Gasteiger partial charge on any atom is -0.495 e. The van der Waals surface area contributed by atoms with Crippen LogP contribution in [0.25, 0.3) is 11.0 Å². The number of anilines is 3. The van der Waals surface area contributed by atoms with Gasteiger partial charge in [0.1, 0.15) is 17.2 Å². The van der Waals surface area contributed by atoms with Crippen LogP contribution in [0.15, 0.2) is 30.5 Å². The highest BCUT2D eigenvalue weighted by atomic mass is 19.4. The standard InChI is InChI=1S/C21H22F3N4O/c1-29-17-10-6-5-9-15(17)27-18-11-16(26-13-7-3-2-4-8-13)19-14(21(22,23)24)12-25-20(19)28-18/h5,9-13H,2-4,7-8H2,1H3,(H3,25,26,27,28). The summed E-state index contributed by atoms with van der Waals surface area (Å²) in [7, 11) is 1.54. The number of nitrogens with one attached hydrogen (secondary N) is 3. The van der Waals surface area contributed by atoms with Crippen LogP contribution in [0.5, 0.6) is 5.75 Å². The molecule has 1 saturated carbocycles. The number of hydrogen-bond acceptors (Lipinski definition) is 4. The minimum atomic E-state index is -4.46. The molecule has 0 spiro atoms. The van der Waals surface area contributed by atoms with Crippen LogP contribution < -0.4 is 15.4 Å². The first-order chi connectivity index (χ1) is 14.0. The molecule has 3 N–H and O–H groups in total. The van der Waals surface area contributed by atoms with Crippen LogP contribution in [0.2, 0.25) is 0 Å². The van der Waals surface area contributed by atoms with Crippen LogP contribution in [0.1, 0.15) is 37.7 Å². The molecule has 1 aromatic carbocycles. The molecule has 8 heteroatoms. The van der Waals surface area contributed by atoms with E-state index in [9.17, 15) is 13.2 Å². The second-order valence-corrected chi connectivity index (χ2v) is 7.21. The zero-order chi connectivity index (χ0) is 20.4. The quantitative estimate of drug-likeness (QED) is 0.498. The number of ether oxygens (including phenoxy) is 1. The Balaban J connectivity index is 1.76. The Morgan fingerprint density at radius 1 is 1.21 bits per heavy atom. The van der Waals surface area contributed by atoms with Crippen molar-refractivity contribution in [2.45, 2.75) is 44.3 Å². The van der Waals surface area contributed by atoms with Crippen LogP contribution in [-0.2, 0) is 6.18 Å². The lowest BCUT2D eigenvalue weighted by molar-refractivity contribution is -0.136. The molecule has 4 rings (SSSR count). The predicted octanol–water partition coefficient (Wildman–Crippen LogP) is 5.88. The summed E-state index contributed by atoms with van der Waals surface area (Å²) >= 11 is 0. The first-order valence-corrected chi connectivity index (χ1v) is 9.62. The zero-order valence-electron chi connectivity index (χ0n) is 16.0. The lowest BCUT2D eigenvalue weighted by atomic mass is 9.95. The number of benzene rings is 1. The van der Waals surface area contributed by atoms with Crippen molar-refractivity contribution in [3.8, 4) is 5.75 Å². The molecule has 1 fully saturated rings. The zero-order valence-corrected chi connectivity index (χ0v) is 16.0. The average molecular weight is 403 g/mol. The van der Waals surface area contributed by atoms with Gasteiger partial charge >= 0.3 is 6.18 Å². The number of aromatic nitrogens is 2. The largest absolute Gasteiger partial charge is 0.495 e. The van der Waals surface area contributed by atoms with Crippen LogP contribution in [-0.4, -0.2) is 23.1 Å². The van der Waals surface area contributed by atoms with E-state index in [1.807, 2.05) is 0 Å². The van der Waals surface area contributed by atoms with E-state index in [-0.39, 0.29) is 17.1 Å². The third-order valence-corrected chi connectivity index (χ3v) is 5.22. The molecule has 153 valence electrons. The molecule has 1 aliphatic rings. The average Bonchev–Trinajstić information content (AvgIpc) is 3.14. The molecule has 0 aliphatic heterocycles. The summed E-state index contributed by atoms with van der Waals surface area (Å²) in [6.07, 6.45) is 1.73. The van der Waals surface area contributed by atoms with Crippen LogP contribution in [0, 0.1) is 6.07 Å². The summed E-state index contributed by atoms with van der Waals surface area (Å²) in [6.45, 7) is 0. The van der Waals surface area contributed by atoms with Gasteiger partial charge in [0, 0.05) is 24.0 Å². The normalized spacial score (nSPS) is 15.4. The Morgan fingerprint density at radius 3 is 2.72 bits per heavy atom. The van der Waals surface area contributed by atoms with E-state index in [2.05, 4.69) is 26.7 Å². The Labute approximate surface area is 166 Å². The lowest BCUT2D eigenvalue weighted by Crippen LogP contribution is -2.22. The summed E-state index contributed by atoms with van der Waals surface area (Å²) < 4.78 is 45.9. The van der Waals surface area contributed by atoms with Crippen LogP contribution in [0.4, 0.5) is 30.4 Å². The van der Waals surface area contributed by atoms with Crippen LogP contribution >= 0.6 is 0 Å². The molecule has 29 heavy (non-hydrogen) atoms. The van der Waals surface area contributed by atoms with E-state index in [0.29, 0.717) is 22.9 Å². The van der Waals surface area contributed by atoms with Gasteiger partial charge in [-0.3, -0.25) is 0 Å². The van der Waals surface area contributed by atoms with Crippen molar-refractivity contribution in [1.82, 2.24) is 9.97 Å². The second kappa shape index (κ2) is 7.85. The summed E-state index contributed by atoms with van der Waals surface area (Å²) in [6, 6.07) is 9.89. The number of methoxy groups -OCH3 is 1. The fourth-order valence-electron chi connectivity index (χ4n) is 3.83. The molecular formula is C21H22F3N4O. The van der Waals surface area contributed by atoms with Crippen molar-refractivity contribution >= 4 is 28.2 Å². The van der Waals surface area contributed by atoms with Crippen molar-refractivity contribution < 1.29 is 17.9 Å². The number of alkyl halides is 3. The second-order valence-electron chi connectivity index (χ2n) is 7.21. The van der Waals surface area contributed by atoms with E-state index in [0.717, 1.165) is 31.9 Å². The summed E-state index contributed by atoms with van der Waals surface area (Å²) in [5.41, 5.74) is 0.558. The number of H-pyrrole nitrogens is 1. The van der Waals surface area contributed by atoms with Crippen molar-refractivity contribution in [2.75, 3.05) is 17.7 Å². The maximum Gasteiger partial charge on any atom is 0.418 e. The summed E-state index contributed by atoms with van der Waals surface area (Å²) in [5, 5.41) is 6.55. The predicted molar refractivity (Wildman–Crippen MR) is 107 cm³/mol. The molecule has 0 amide bonds. The van der Waals surface area contributed by atoms with Crippen molar-refractivity contribution in [3.63, 3.8) is 0 Å². The lowest BCUT2D eigenvalue weighted by Gasteiger charge is -2.25. The molecule has 1 radical (unpaired) electrons. The minimum absolute atomic E-state index is 0.0713. The maximum absolute atomic E-state index is 13.5. The van der Waals surface area contributed by atoms with E-state index in [1.54, 1.807) is 31.4 Å². The molecule has 0 bridgehead atoms. The van der Waals surface area contributed by atoms with Gasteiger partial charge in [-0.2, -0.15) is 13.2 Å². The Kier molecular flexibility index (Phi) is 5.25. The molecule has 1 aliphatic carbocycles. The van der Waals surface area contributed by atoms with Gasteiger partial charge in [0.25, 0.3) is 0 Å². The van der Waals surface area contributed by atoms with Gasteiger partial charge in [0.2, 0.25) is 0 Å². The topological polar surface area (TPSA) is 62.0 Å². The van der Waals surface area contributed by atoms with Crippen molar-refractivity contribution in [2.24, 2.45) is 0 Å². The van der Waals surface area contributed by atoms with Crippen LogP contribution in [0.3, 0.4) is 0 Å². The van der Waals surface area contributed by atoms with E-state index in [1.165, 1.54) is 6.42 Å². The molecule has 0 unspecified atom stereocenters. The van der Waals surface area contributed by atoms with E-state index >= 15 is 0 Å². The number of nitrogens with zero attached hydrogens (tertiary/aromatic N) is 1. The molecular weight excluding hydrogens is 381 g/mol. The number of hydrogen-bond donors (Lipinski definition) is 3. The molecule has 2 aromatic heterocycles. The van der Waals surface area contributed by atoms with E-state index < -0.39 is 11.7 Å². The number of rotatable bonds is 5. The first-order valence-electron chi connectivity index (χ1n) is 9.62. The Bertz CT molecular complexity index is 993. The van der Waals surface area contributed by atoms with Gasteiger partial charge in [-0.15, -0.1) is 0 Å². The maximum atomic E-state index is 13.5. The van der Waals surface area contributed by atoms with Crippen molar-refractivity contribution in [3.05, 3.63) is 42.1 Å². The van der Waals surface area contributed by atoms with E-state index in [4.69, 9.17) is 4.74 Å². The third-order valence-electron chi connectivity index (χ3n) is 5.22. The monoisotopic (exact) mass is 403 g/mol. The molecule has 0 saturated heterocycles. The highest BCUT2D eigenvalue weighted by Gasteiger charge is 2.35. The number of aromatic amines is 1. The fourth-order valence-corrected chi connectivity index (χ4v) is 3.83. The first kappa shape index (κ1) is 19.4. The highest BCUT2D eigenvalue weighted by Crippen LogP contribution is 2.40. The third kappa shape index (κ3) is 4.11. The molecule has 0 atom stereocenters. The van der Waals surface area contributed by atoms with Gasteiger partial charge in [-0.25, -0.2) is 4.98 Å². The molecule has 2 heterocycles. The number of fused-ring (bicyclic) bond motifs is 1. The van der Waals surface area contributed by atoms with Crippen molar-refractivity contribution in [1.29, 1.82) is 0 Å². The smallest absolute Gasteiger partial charge is 0.418 e. The van der Waals surface area contributed by atoms with Gasteiger partial charge < -0.3 is 20.4 Å². The molecule has 3 aromatic rings. The summed E-state index contributed by atoms with van der Waals surface area (Å²) in [4.78, 5) is 7.04. The number of halogens is 3. The number of pyridine rings is 1. The summed E-state index contributed by atoms with van der Waals surface area (Å²) in [5.74, 6) is 0.995. The van der Waals surface area contributed by atoms with Gasteiger partial charge in [-0.05, 0) is 31.0 Å². The Morgan fingerprint density at radius 2 is 2.00 bits per heavy atom. The van der Waals surface area contributed by atoms with Gasteiger partial charge in [-0.1, -0.05) is 25.3 Å². The molecule has 5 nitrogen and oxygen atoms in total. The van der Waals surface area contributed by atoms with Gasteiger partial charge in [0.05, 0.1) is 23.7 Å². The Hall–Kier alpha value is -2.90. The fraction of sp³-hybridized carbons (Fsp3) is 0.381. The highest BCUT2D eigenvalue weighted by molar-refractivity contribution is 5.95.